The van der Waals surface area contributed by atoms with Gasteiger partial charge in [0.15, 0.2) is 0 Å². The van der Waals surface area contributed by atoms with Crippen molar-refractivity contribution in [2.45, 2.75) is 52.2 Å². The van der Waals surface area contributed by atoms with Gasteiger partial charge in [-0.05, 0) is 29.8 Å². The topological polar surface area (TPSA) is 163 Å². The first-order valence-electron chi connectivity index (χ1n) is 12.4. The summed E-state index contributed by atoms with van der Waals surface area (Å²) in [5.74, 6) is -2.23. The molecule has 1 atom stereocenters. The summed E-state index contributed by atoms with van der Waals surface area (Å²) in [5, 5.41) is 19.9. The van der Waals surface area contributed by atoms with E-state index in [1.54, 1.807) is 49.9 Å². The van der Waals surface area contributed by atoms with Crippen molar-refractivity contribution in [1.82, 2.24) is 10.2 Å². The third-order valence-electron chi connectivity index (χ3n) is 6.33. The predicted octanol–water partition coefficient (Wildman–Crippen LogP) is 2.17. The standard InChI is InChI=1S/C28H34N4O6/c1-28(2,3)23(34)27(37)38-21-12-14-32(15-13-21)26(36)22(16-17-4-10-20(33)11-5-17)31-25(35)19-8-6-18(7-9-19)24(29)30/h4-11,21-22,33H,12-16H2,1-3H3,(H3,29,30)(H,31,35)/t22-/m0/s1. The number of piperidine rings is 1. The van der Waals surface area contributed by atoms with E-state index in [0.29, 0.717) is 37.1 Å². The second-order valence-electron chi connectivity index (χ2n) is 10.4. The highest BCUT2D eigenvalue weighted by molar-refractivity contribution is 6.35. The number of nitrogens with two attached hydrogens (primary N) is 1. The molecule has 1 saturated heterocycles. The van der Waals surface area contributed by atoms with Crippen molar-refractivity contribution in [1.29, 1.82) is 5.41 Å². The van der Waals surface area contributed by atoms with Crippen molar-refractivity contribution < 1.29 is 29.0 Å². The van der Waals surface area contributed by atoms with E-state index >= 15 is 0 Å². The lowest BCUT2D eigenvalue weighted by molar-refractivity contribution is -0.163. The maximum atomic E-state index is 13.5. The van der Waals surface area contributed by atoms with E-state index in [2.05, 4.69) is 5.32 Å². The van der Waals surface area contributed by atoms with Crippen LogP contribution in [0.2, 0.25) is 0 Å². The van der Waals surface area contributed by atoms with Gasteiger partial charge >= 0.3 is 5.97 Å². The number of benzene rings is 2. The van der Waals surface area contributed by atoms with Gasteiger partial charge in [0.1, 0.15) is 23.7 Å². The maximum absolute atomic E-state index is 13.5. The summed E-state index contributed by atoms with van der Waals surface area (Å²) in [6.45, 7) is 5.56. The molecule has 10 heteroatoms. The number of phenolic OH excluding ortho intramolecular Hbond substituents is 1. The van der Waals surface area contributed by atoms with Crippen LogP contribution in [0.15, 0.2) is 48.5 Å². The minimum atomic E-state index is -0.888. The molecular weight excluding hydrogens is 488 g/mol. The monoisotopic (exact) mass is 522 g/mol. The van der Waals surface area contributed by atoms with E-state index in [4.69, 9.17) is 15.9 Å². The van der Waals surface area contributed by atoms with E-state index in [1.807, 2.05) is 0 Å². The van der Waals surface area contributed by atoms with Gasteiger partial charge in [0.25, 0.3) is 5.91 Å². The fraction of sp³-hybridized carbons (Fsp3) is 0.393. The number of amides is 2. The number of carbonyl (C=O) groups excluding carboxylic acids is 4. The summed E-state index contributed by atoms with van der Waals surface area (Å²) in [5.41, 5.74) is 6.18. The molecule has 10 nitrogen and oxygen atoms in total. The number of nitrogens with one attached hydrogen (secondary N) is 2. The zero-order chi connectivity index (χ0) is 28.0. The number of ketones is 1. The molecule has 2 amide bonds. The molecule has 1 fully saturated rings. The van der Waals surface area contributed by atoms with Gasteiger partial charge in [0, 0.05) is 48.9 Å². The van der Waals surface area contributed by atoms with Crippen LogP contribution in [0.1, 0.15) is 55.1 Å². The molecule has 1 aliphatic rings. The van der Waals surface area contributed by atoms with E-state index in [0.717, 1.165) is 5.56 Å². The van der Waals surface area contributed by atoms with Gasteiger partial charge in [-0.2, -0.15) is 0 Å². The van der Waals surface area contributed by atoms with Gasteiger partial charge in [-0.25, -0.2) is 4.79 Å². The Kier molecular flexibility index (Phi) is 8.88. The molecule has 0 bridgehead atoms. The number of aromatic hydroxyl groups is 1. The predicted molar refractivity (Wildman–Crippen MR) is 141 cm³/mol. The summed E-state index contributed by atoms with van der Waals surface area (Å²) in [4.78, 5) is 52.4. The molecule has 0 radical (unpaired) electrons. The third kappa shape index (κ3) is 7.41. The van der Waals surface area contributed by atoms with Crippen LogP contribution in [-0.4, -0.2) is 64.6 Å². The van der Waals surface area contributed by atoms with E-state index in [9.17, 15) is 24.3 Å². The molecule has 0 unspecified atom stereocenters. The van der Waals surface area contributed by atoms with E-state index in [1.165, 1.54) is 24.3 Å². The lowest BCUT2D eigenvalue weighted by atomic mass is 9.91. The Hall–Kier alpha value is -4.21. The summed E-state index contributed by atoms with van der Waals surface area (Å²) in [7, 11) is 0. The molecule has 202 valence electrons. The van der Waals surface area contributed by atoms with Gasteiger partial charge < -0.3 is 25.8 Å². The van der Waals surface area contributed by atoms with Crippen LogP contribution in [0, 0.1) is 10.8 Å². The number of hydrogen-bond donors (Lipinski definition) is 4. The minimum absolute atomic E-state index is 0.0905. The smallest absolute Gasteiger partial charge is 0.375 e. The molecule has 5 N–H and O–H groups in total. The van der Waals surface area contributed by atoms with Crippen molar-refractivity contribution in [3.63, 3.8) is 0 Å². The number of nitrogen functional groups attached to an aromatic ring is 1. The molecule has 0 aromatic heterocycles. The van der Waals surface area contributed by atoms with Crippen LogP contribution in [0.5, 0.6) is 5.75 Å². The zero-order valence-electron chi connectivity index (χ0n) is 21.8. The molecule has 0 aliphatic carbocycles. The highest BCUT2D eigenvalue weighted by Crippen LogP contribution is 2.20. The number of carbonyl (C=O) groups is 4. The molecule has 2 aromatic rings. The number of ether oxygens (including phenoxy) is 1. The number of esters is 1. The second kappa shape index (κ2) is 11.9. The highest BCUT2D eigenvalue weighted by Gasteiger charge is 2.34. The Bertz CT molecular complexity index is 1190. The number of amidine groups is 1. The lowest BCUT2D eigenvalue weighted by Crippen LogP contribution is -2.52. The summed E-state index contributed by atoms with van der Waals surface area (Å²) in [6, 6.07) is 11.7. The van der Waals surface area contributed by atoms with Gasteiger partial charge in [-0.1, -0.05) is 45.0 Å². The summed E-state index contributed by atoms with van der Waals surface area (Å²) in [6.07, 6.45) is 0.483. The molecule has 0 spiro atoms. The molecule has 38 heavy (non-hydrogen) atoms. The molecule has 2 aromatic carbocycles. The average molecular weight is 523 g/mol. The van der Waals surface area contributed by atoms with Crippen molar-refractivity contribution in [3.8, 4) is 5.75 Å². The fourth-order valence-corrected chi connectivity index (χ4v) is 4.04. The van der Waals surface area contributed by atoms with Gasteiger partial charge in [-0.15, -0.1) is 0 Å². The quantitative estimate of drug-likeness (QED) is 0.179. The molecule has 1 aliphatic heterocycles. The highest BCUT2D eigenvalue weighted by atomic mass is 16.5. The van der Waals surface area contributed by atoms with Gasteiger partial charge in [0.05, 0.1) is 0 Å². The molecular formula is C28H34N4O6. The van der Waals surface area contributed by atoms with E-state index in [-0.39, 0.29) is 23.9 Å². The van der Waals surface area contributed by atoms with Crippen LogP contribution < -0.4 is 11.1 Å². The maximum Gasteiger partial charge on any atom is 0.375 e. The Morgan fingerprint density at radius 2 is 1.58 bits per heavy atom. The van der Waals surface area contributed by atoms with Crippen LogP contribution in [0.25, 0.3) is 0 Å². The van der Waals surface area contributed by atoms with E-state index < -0.39 is 35.2 Å². The first-order valence-corrected chi connectivity index (χ1v) is 12.4. The number of Topliss-reactive ketones (excluding diaryl/α,β-unsaturated/α-hetero) is 1. The average Bonchev–Trinajstić information content (AvgIpc) is 2.88. The number of hydrogen-bond acceptors (Lipinski definition) is 7. The number of nitrogens with zero attached hydrogens (tertiary/aromatic N) is 1. The SMILES string of the molecule is CC(C)(C)C(=O)C(=O)OC1CCN(C(=O)[C@H](Cc2ccc(O)cc2)NC(=O)c2ccc(C(=N)N)cc2)CC1. The normalized spacial score (nSPS) is 14.9. The second-order valence-corrected chi connectivity index (χ2v) is 10.4. The Labute approximate surface area is 221 Å². The first kappa shape index (κ1) is 28.4. The Balaban J connectivity index is 1.69. The van der Waals surface area contributed by atoms with Crippen molar-refractivity contribution in [2.24, 2.45) is 11.1 Å². The largest absolute Gasteiger partial charge is 0.508 e. The van der Waals surface area contributed by atoms with Crippen molar-refractivity contribution >= 4 is 29.4 Å². The number of likely N-dealkylation sites (tertiary alicyclic amines) is 1. The molecule has 3 rings (SSSR count). The summed E-state index contributed by atoms with van der Waals surface area (Å²) < 4.78 is 5.38. The number of phenols is 1. The van der Waals surface area contributed by atoms with Crippen LogP contribution >= 0.6 is 0 Å². The van der Waals surface area contributed by atoms with Gasteiger partial charge in [-0.3, -0.25) is 19.8 Å². The molecule has 0 saturated carbocycles. The van der Waals surface area contributed by atoms with Crippen molar-refractivity contribution in [3.05, 3.63) is 65.2 Å². The minimum Gasteiger partial charge on any atom is -0.508 e. The first-order chi connectivity index (χ1) is 17.8. The van der Waals surface area contributed by atoms with Gasteiger partial charge in [0.2, 0.25) is 11.7 Å². The van der Waals surface area contributed by atoms with Crippen LogP contribution in [-0.2, 0) is 25.5 Å². The van der Waals surface area contributed by atoms with Crippen LogP contribution in [0.4, 0.5) is 0 Å². The Morgan fingerprint density at radius 3 is 2.11 bits per heavy atom. The van der Waals surface area contributed by atoms with Crippen LogP contribution in [0.3, 0.4) is 0 Å². The zero-order valence-corrected chi connectivity index (χ0v) is 21.8. The Morgan fingerprint density at radius 1 is 1.03 bits per heavy atom. The lowest BCUT2D eigenvalue weighted by Gasteiger charge is -2.34. The summed E-state index contributed by atoms with van der Waals surface area (Å²) >= 11 is 0. The number of rotatable bonds is 8. The van der Waals surface area contributed by atoms with Crippen molar-refractivity contribution in [2.75, 3.05) is 13.1 Å². The fourth-order valence-electron chi connectivity index (χ4n) is 4.04. The third-order valence-corrected chi connectivity index (χ3v) is 6.33. The molecule has 1 heterocycles.